The minimum absolute atomic E-state index is 0.110. The summed E-state index contributed by atoms with van der Waals surface area (Å²) in [5.41, 5.74) is 2.84. The quantitative estimate of drug-likeness (QED) is 0.632. The Morgan fingerprint density at radius 2 is 1.77 bits per heavy atom. The number of pyridine rings is 1. The third-order valence-electron chi connectivity index (χ3n) is 5.44. The molecule has 3 rings (SSSR count). The second-order valence-corrected chi connectivity index (χ2v) is 10.5. The van der Waals surface area contributed by atoms with Crippen LogP contribution < -0.4 is 0 Å². The maximum absolute atomic E-state index is 13.3. The molecule has 9 heteroatoms. The summed E-state index contributed by atoms with van der Waals surface area (Å²) in [5, 5.41) is 0.666. The van der Waals surface area contributed by atoms with Crippen molar-refractivity contribution in [3.63, 3.8) is 0 Å². The van der Waals surface area contributed by atoms with Gasteiger partial charge in [-0.3, -0.25) is 4.79 Å². The van der Waals surface area contributed by atoms with Crippen molar-refractivity contribution in [2.45, 2.75) is 37.6 Å². The number of nitrogens with zero attached hydrogens (tertiary/aromatic N) is 4. The minimum atomic E-state index is -3.48. The number of carbonyl (C=O) groups excluding carboxylic acids is 1. The Balaban J connectivity index is 1.74. The molecule has 168 valence electrons. The zero-order valence-electron chi connectivity index (χ0n) is 18.5. The molecule has 0 bridgehead atoms. The fourth-order valence-electron chi connectivity index (χ4n) is 3.56. The number of rotatable bonds is 7. The fourth-order valence-corrected chi connectivity index (χ4v) is 6.23. The number of amides is 1. The Labute approximate surface area is 189 Å². The molecule has 0 spiro atoms. The van der Waals surface area contributed by atoms with E-state index in [0.717, 1.165) is 16.0 Å². The van der Waals surface area contributed by atoms with Crippen LogP contribution in [-0.4, -0.2) is 72.1 Å². The first-order valence-corrected chi connectivity index (χ1v) is 12.7. The van der Waals surface area contributed by atoms with Crippen LogP contribution in [0.2, 0.25) is 0 Å². The van der Waals surface area contributed by atoms with Gasteiger partial charge in [0.25, 0.3) is 16.1 Å². The van der Waals surface area contributed by atoms with Gasteiger partial charge in [-0.25, -0.2) is 4.98 Å². The van der Waals surface area contributed by atoms with Crippen molar-refractivity contribution in [3.8, 4) is 0 Å². The summed E-state index contributed by atoms with van der Waals surface area (Å²) in [4.78, 5) is 20.5. The highest BCUT2D eigenvalue weighted by atomic mass is 32.2. The molecule has 0 saturated carbocycles. The van der Waals surface area contributed by atoms with Gasteiger partial charge in [-0.05, 0) is 43.2 Å². The summed E-state index contributed by atoms with van der Waals surface area (Å²) in [6.07, 6.45) is 1.69. The van der Waals surface area contributed by atoms with Crippen LogP contribution in [0.1, 0.15) is 35.3 Å². The standard InChI is InChI=1S/C22H30N4O3S2/c1-5-25(6-2)31(28,29)26-14-12-24(13-15-26)22(27)19-8-7-11-23-21(19)30-20-16-17(3)9-10-18(20)4/h7-11,16H,5-6,12-15H2,1-4H3. The van der Waals surface area contributed by atoms with E-state index >= 15 is 0 Å². The zero-order chi connectivity index (χ0) is 22.6. The van der Waals surface area contributed by atoms with Gasteiger partial charge < -0.3 is 4.90 Å². The number of hydrogen-bond acceptors (Lipinski definition) is 5. The highest BCUT2D eigenvalue weighted by Crippen LogP contribution is 2.32. The van der Waals surface area contributed by atoms with E-state index in [0.29, 0.717) is 49.9 Å². The molecule has 0 atom stereocenters. The average Bonchev–Trinajstić information content (AvgIpc) is 2.77. The topological polar surface area (TPSA) is 73.8 Å². The third kappa shape index (κ3) is 5.28. The number of piperazine rings is 1. The number of benzene rings is 1. The van der Waals surface area contributed by atoms with E-state index in [1.165, 1.54) is 20.4 Å². The van der Waals surface area contributed by atoms with Crippen LogP contribution in [0.5, 0.6) is 0 Å². The van der Waals surface area contributed by atoms with Crippen molar-refractivity contribution >= 4 is 27.9 Å². The lowest BCUT2D eigenvalue weighted by Crippen LogP contribution is -2.54. The monoisotopic (exact) mass is 462 g/mol. The number of hydrogen-bond donors (Lipinski definition) is 0. The van der Waals surface area contributed by atoms with Gasteiger partial charge in [-0.1, -0.05) is 37.7 Å². The Bertz CT molecular complexity index is 1030. The molecule has 1 aliphatic heterocycles. The Morgan fingerprint density at radius 3 is 2.42 bits per heavy atom. The number of aromatic nitrogens is 1. The lowest BCUT2D eigenvalue weighted by Gasteiger charge is -2.36. The maximum atomic E-state index is 13.3. The van der Waals surface area contributed by atoms with E-state index in [-0.39, 0.29) is 5.91 Å². The van der Waals surface area contributed by atoms with Crippen LogP contribution in [0, 0.1) is 13.8 Å². The van der Waals surface area contributed by atoms with Crippen LogP contribution in [0.25, 0.3) is 0 Å². The SMILES string of the molecule is CCN(CC)S(=O)(=O)N1CCN(C(=O)c2cccnc2Sc2cc(C)ccc2C)CC1. The van der Waals surface area contributed by atoms with Gasteiger partial charge in [0.2, 0.25) is 0 Å². The van der Waals surface area contributed by atoms with Gasteiger partial charge in [0.15, 0.2) is 0 Å². The van der Waals surface area contributed by atoms with Gasteiger partial charge in [-0.2, -0.15) is 17.0 Å². The van der Waals surface area contributed by atoms with Crippen molar-refractivity contribution < 1.29 is 13.2 Å². The van der Waals surface area contributed by atoms with E-state index < -0.39 is 10.2 Å². The normalized spacial score (nSPS) is 15.5. The van der Waals surface area contributed by atoms with Crippen molar-refractivity contribution in [3.05, 3.63) is 53.2 Å². The molecule has 2 aromatic rings. The van der Waals surface area contributed by atoms with Crippen molar-refractivity contribution in [1.82, 2.24) is 18.5 Å². The Kier molecular flexibility index (Phi) is 7.74. The Morgan fingerprint density at radius 1 is 1.10 bits per heavy atom. The van der Waals surface area contributed by atoms with Crippen molar-refractivity contribution in [2.75, 3.05) is 39.3 Å². The summed E-state index contributed by atoms with van der Waals surface area (Å²) < 4.78 is 28.4. The summed E-state index contributed by atoms with van der Waals surface area (Å²) >= 11 is 1.49. The molecular formula is C22H30N4O3S2. The van der Waals surface area contributed by atoms with Crippen LogP contribution in [0.4, 0.5) is 0 Å². The smallest absolute Gasteiger partial charge is 0.282 e. The van der Waals surface area contributed by atoms with Gasteiger partial charge in [0.1, 0.15) is 5.03 Å². The maximum Gasteiger partial charge on any atom is 0.282 e. The molecular weight excluding hydrogens is 432 g/mol. The molecule has 1 aliphatic rings. The van der Waals surface area contributed by atoms with Gasteiger partial charge >= 0.3 is 0 Å². The number of carbonyl (C=O) groups is 1. The highest BCUT2D eigenvalue weighted by molar-refractivity contribution is 7.99. The molecule has 1 saturated heterocycles. The van der Waals surface area contributed by atoms with E-state index in [1.807, 2.05) is 27.7 Å². The third-order valence-corrected chi connectivity index (χ3v) is 8.80. The van der Waals surface area contributed by atoms with Crippen LogP contribution in [0.3, 0.4) is 0 Å². The van der Waals surface area contributed by atoms with Crippen LogP contribution >= 0.6 is 11.8 Å². The minimum Gasteiger partial charge on any atom is -0.336 e. The molecule has 31 heavy (non-hydrogen) atoms. The average molecular weight is 463 g/mol. The molecule has 0 N–H and O–H groups in total. The van der Waals surface area contributed by atoms with Crippen LogP contribution in [0.15, 0.2) is 46.5 Å². The van der Waals surface area contributed by atoms with E-state index in [2.05, 4.69) is 23.2 Å². The summed E-state index contributed by atoms with van der Waals surface area (Å²) in [6.45, 7) is 9.94. The lowest BCUT2D eigenvalue weighted by molar-refractivity contribution is 0.0690. The van der Waals surface area contributed by atoms with Crippen molar-refractivity contribution in [1.29, 1.82) is 0 Å². The lowest BCUT2D eigenvalue weighted by atomic mass is 10.2. The number of aryl methyl sites for hydroxylation is 2. The molecule has 1 amide bonds. The molecule has 0 unspecified atom stereocenters. The predicted octanol–water partition coefficient (Wildman–Crippen LogP) is 3.19. The van der Waals surface area contributed by atoms with Gasteiger partial charge in [-0.15, -0.1) is 0 Å². The summed E-state index contributed by atoms with van der Waals surface area (Å²) in [6, 6.07) is 9.79. The molecule has 1 fully saturated rings. The first kappa shape index (κ1) is 23.7. The van der Waals surface area contributed by atoms with Gasteiger partial charge in [0.05, 0.1) is 5.56 Å². The van der Waals surface area contributed by atoms with E-state index in [9.17, 15) is 13.2 Å². The molecule has 0 radical (unpaired) electrons. The second kappa shape index (κ2) is 10.1. The molecule has 1 aromatic carbocycles. The van der Waals surface area contributed by atoms with E-state index in [4.69, 9.17) is 0 Å². The van der Waals surface area contributed by atoms with E-state index in [1.54, 1.807) is 23.2 Å². The molecule has 0 aliphatic carbocycles. The fraction of sp³-hybridized carbons (Fsp3) is 0.455. The van der Waals surface area contributed by atoms with Gasteiger partial charge in [0, 0.05) is 50.4 Å². The molecule has 1 aromatic heterocycles. The second-order valence-electron chi connectivity index (χ2n) is 7.51. The first-order valence-electron chi connectivity index (χ1n) is 10.5. The molecule has 2 heterocycles. The Hall–Kier alpha value is -1.94. The highest BCUT2D eigenvalue weighted by Gasteiger charge is 2.33. The summed E-state index contributed by atoms with van der Waals surface area (Å²) in [5.74, 6) is -0.110. The largest absolute Gasteiger partial charge is 0.336 e. The van der Waals surface area contributed by atoms with Crippen LogP contribution in [-0.2, 0) is 10.2 Å². The first-order chi connectivity index (χ1) is 14.8. The summed E-state index contributed by atoms with van der Waals surface area (Å²) in [7, 11) is -3.48. The zero-order valence-corrected chi connectivity index (χ0v) is 20.2. The molecule has 7 nitrogen and oxygen atoms in total. The van der Waals surface area contributed by atoms with Crippen molar-refractivity contribution in [2.24, 2.45) is 0 Å². The predicted molar refractivity (Wildman–Crippen MR) is 124 cm³/mol.